The maximum atomic E-state index is 12.1. The Bertz CT molecular complexity index is 979. The van der Waals surface area contributed by atoms with Crippen molar-refractivity contribution >= 4 is 39.3 Å². The molecule has 0 spiro atoms. The molecular formula is C18H19N5O4S. The average molecular weight is 401 g/mol. The van der Waals surface area contributed by atoms with E-state index in [1.54, 1.807) is 6.07 Å². The van der Waals surface area contributed by atoms with Gasteiger partial charge in [0.05, 0.1) is 31.7 Å². The van der Waals surface area contributed by atoms with Gasteiger partial charge >= 0.3 is 0 Å². The Morgan fingerprint density at radius 3 is 2.68 bits per heavy atom. The number of hydrogen-bond donors (Lipinski definition) is 2. The van der Waals surface area contributed by atoms with Crippen molar-refractivity contribution < 1.29 is 18.8 Å². The first kappa shape index (κ1) is 18.4. The van der Waals surface area contributed by atoms with Crippen LogP contribution in [0.5, 0.6) is 0 Å². The summed E-state index contributed by atoms with van der Waals surface area (Å²) in [7, 11) is 0. The van der Waals surface area contributed by atoms with Crippen molar-refractivity contribution in [3.05, 3.63) is 41.0 Å². The molecule has 1 aromatic carbocycles. The minimum atomic E-state index is -0.375. The largest absolute Gasteiger partial charge is 0.378 e. The molecule has 0 saturated carbocycles. The van der Waals surface area contributed by atoms with Crippen LogP contribution in [0.2, 0.25) is 0 Å². The standard InChI is InChI=1S/C18H19N5O4S/c24-16(9-12-11-28-18(19-12)23-5-7-26-8-6-23)20-21-17(25)10-14-13-3-1-2-4-15(13)27-22-14/h1-4,11H,5-10H2,(H,20,24)(H,21,25). The Hall–Kier alpha value is -2.98. The number of rotatable bonds is 5. The molecule has 1 aliphatic rings. The summed E-state index contributed by atoms with van der Waals surface area (Å²) in [6, 6.07) is 7.30. The molecule has 0 aliphatic carbocycles. The quantitative estimate of drug-likeness (QED) is 0.615. The molecule has 2 aromatic heterocycles. The number of anilines is 1. The van der Waals surface area contributed by atoms with E-state index in [1.807, 2.05) is 23.6 Å². The number of carbonyl (C=O) groups is 2. The third-order valence-electron chi connectivity index (χ3n) is 4.28. The molecule has 1 fully saturated rings. The Balaban J connectivity index is 1.26. The minimum absolute atomic E-state index is 0.00910. The summed E-state index contributed by atoms with van der Waals surface area (Å²) in [5, 5.41) is 7.42. The van der Waals surface area contributed by atoms with Crippen LogP contribution in [-0.2, 0) is 27.2 Å². The van der Waals surface area contributed by atoms with E-state index < -0.39 is 0 Å². The molecule has 0 unspecified atom stereocenters. The van der Waals surface area contributed by atoms with Gasteiger partial charge in [-0.25, -0.2) is 4.98 Å². The number of morpholine rings is 1. The number of carbonyl (C=O) groups excluding carboxylic acids is 2. The topological polar surface area (TPSA) is 110 Å². The number of para-hydroxylation sites is 1. The van der Waals surface area contributed by atoms with Gasteiger partial charge in [0, 0.05) is 23.9 Å². The number of fused-ring (bicyclic) bond motifs is 1. The van der Waals surface area contributed by atoms with Crippen molar-refractivity contribution in [2.75, 3.05) is 31.2 Å². The van der Waals surface area contributed by atoms with Crippen LogP contribution in [-0.4, -0.2) is 48.3 Å². The second-order valence-electron chi connectivity index (χ2n) is 6.30. The van der Waals surface area contributed by atoms with Gasteiger partial charge in [-0.15, -0.1) is 11.3 Å². The van der Waals surface area contributed by atoms with E-state index in [-0.39, 0.29) is 24.7 Å². The SMILES string of the molecule is O=C(Cc1csc(N2CCOCC2)n1)NNC(=O)Cc1noc2ccccc12. The van der Waals surface area contributed by atoms with E-state index in [0.29, 0.717) is 30.2 Å². The fourth-order valence-electron chi connectivity index (χ4n) is 2.89. The van der Waals surface area contributed by atoms with Crippen LogP contribution in [0.1, 0.15) is 11.4 Å². The summed E-state index contributed by atoms with van der Waals surface area (Å²) < 4.78 is 10.5. The molecule has 1 saturated heterocycles. The molecule has 146 valence electrons. The van der Waals surface area contributed by atoms with Gasteiger partial charge in [-0.1, -0.05) is 17.3 Å². The second-order valence-corrected chi connectivity index (χ2v) is 7.13. The van der Waals surface area contributed by atoms with Gasteiger partial charge in [-0.2, -0.15) is 0 Å². The van der Waals surface area contributed by atoms with Crippen LogP contribution in [0.3, 0.4) is 0 Å². The summed E-state index contributed by atoms with van der Waals surface area (Å²) in [6.07, 6.45) is 0.100. The maximum absolute atomic E-state index is 12.1. The predicted octanol–water partition coefficient (Wildman–Crippen LogP) is 1.05. The van der Waals surface area contributed by atoms with E-state index in [9.17, 15) is 9.59 Å². The molecule has 9 nitrogen and oxygen atoms in total. The number of ether oxygens (including phenoxy) is 1. The summed E-state index contributed by atoms with van der Waals surface area (Å²) in [6.45, 7) is 2.96. The normalized spacial score (nSPS) is 14.2. The van der Waals surface area contributed by atoms with Crippen LogP contribution in [0, 0.1) is 0 Å². The van der Waals surface area contributed by atoms with Crippen molar-refractivity contribution in [1.82, 2.24) is 21.0 Å². The van der Waals surface area contributed by atoms with Gasteiger partial charge in [0.15, 0.2) is 10.7 Å². The maximum Gasteiger partial charge on any atom is 0.244 e. The Labute approximate surface area is 164 Å². The molecule has 0 atom stereocenters. The van der Waals surface area contributed by atoms with Crippen LogP contribution >= 0.6 is 11.3 Å². The number of benzene rings is 1. The van der Waals surface area contributed by atoms with E-state index in [4.69, 9.17) is 9.26 Å². The van der Waals surface area contributed by atoms with Gasteiger partial charge in [0.2, 0.25) is 11.8 Å². The number of nitrogens with zero attached hydrogens (tertiary/aromatic N) is 3. The highest BCUT2D eigenvalue weighted by molar-refractivity contribution is 7.13. The first-order chi connectivity index (χ1) is 13.7. The molecular weight excluding hydrogens is 382 g/mol. The molecule has 2 N–H and O–H groups in total. The molecule has 4 rings (SSSR count). The zero-order valence-corrected chi connectivity index (χ0v) is 15.8. The minimum Gasteiger partial charge on any atom is -0.378 e. The monoisotopic (exact) mass is 401 g/mol. The van der Waals surface area contributed by atoms with Crippen molar-refractivity contribution in [1.29, 1.82) is 0 Å². The molecule has 0 radical (unpaired) electrons. The lowest BCUT2D eigenvalue weighted by atomic mass is 10.2. The Morgan fingerprint density at radius 1 is 1.11 bits per heavy atom. The van der Waals surface area contributed by atoms with E-state index in [2.05, 4.69) is 25.9 Å². The average Bonchev–Trinajstić information content (AvgIpc) is 3.35. The van der Waals surface area contributed by atoms with Gasteiger partial charge in [-0.05, 0) is 12.1 Å². The van der Waals surface area contributed by atoms with Crippen molar-refractivity contribution in [3.63, 3.8) is 0 Å². The van der Waals surface area contributed by atoms with Crippen molar-refractivity contribution in [2.45, 2.75) is 12.8 Å². The Morgan fingerprint density at radius 2 is 1.86 bits per heavy atom. The number of hydrazine groups is 1. The summed E-state index contributed by atoms with van der Waals surface area (Å²) >= 11 is 1.50. The number of thiazole rings is 1. The Kier molecular flexibility index (Phi) is 5.49. The molecule has 2 amide bonds. The van der Waals surface area contributed by atoms with Crippen molar-refractivity contribution in [2.24, 2.45) is 0 Å². The molecule has 3 aromatic rings. The molecule has 0 bridgehead atoms. The summed E-state index contributed by atoms with van der Waals surface area (Å²) in [5.41, 5.74) is 6.63. The van der Waals surface area contributed by atoms with E-state index >= 15 is 0 Å². The number of nitrogens with one attached hydrogen (secondary N) is 2. The zero-order chi connectivity index (χ0) is 19.3. The lowest BCUT2D eigenvalue weighted by Crippen LogP contribution is -2.43. The van der Waals surface area contributed by atoms with Crippen LogP contribution in [0.4, 0.5) is 5.13 Å². The predicted molar refractivity (Wildman–Crippen MR) is 103 cm³/mol. The van der Waals surface area contributed by atoms with Crippen molar-refractivity contribution in [3.8, 4) is 0 Å². The number of aromatic nitrogens is 2. The first-order valence-electron chi connectivity index (χ1n) is 8.87. The fraction of sp³-hybridized carbons (Fsp3) is 0.333. The van der Waals surface area contributed by atoms with Gasteiger partial charge in [0.25, 0.3) is 0 Å². The summed E-state index contributed by atoms with van der Waals surface area (Å²) in [4.78, 5) is 30.8. The lowest BCUT2D eigenvalue weighted by molar-refractivity contribution is -0.128. The number of amides is 2. The molecule has 1 aliphatic heterocycles. The highest BCUT2D eigenvalue weighted by Crippen LogP contribution is 2.21. The van der Waals surface area contributed by atoms with E-state index in [0.717, 1.165) is 23.6 Å². The van der Waals surface area contributed by atoms with Crippen LogP contribution in [0.25, 0.3) is 11.0 Å². The smallest absolute Gasteiger partial charge is 0.244 e. The van der Waals surface area contributed by atoms with Crippen LogP contribution in [0.15, 0.2) is 34.2 Å². The molecule has 3 heterocycles. The van der Waals surface area contributed by atoms with E-state index in [1.165, 1.54) is 11.3 Å². The van der Waals surface area contributed by atoms with Gasteiger partial charge in [-0.3, -0.25) is 20.4 Å². The van der Waals surface area contributed by atoms with Crippen LogP contribution < -0.4 is 15.8 Å². The first-order valence-corrected chi connectivity index (χ1v) is 9.75. The third-order valence-corrected chi connectivity index (χ3v) is 5.23. The lowest BCUT2D eigenvalue weighted by Gasteiger charge is -2.26. The molecule has 10 heteroatoms. The van der Waals surface area contributed by atoms with Gasteiger partial charge < -0.3 is 14.2 Å². The highest BCUT2D eigenvalue weighted by atomic mass is 32.1. The number of hydrogen-bond acceptors (Lipinski definition) is 8. The highest BCUT2D eigenvalue weighted by Gasteiger charge is 2.16. The zero-order valence-electron chi connectivity index (χ0n) is 15.0. The summed E-state index contributed by atoms with van der Waals surface area (Å²) in [5.74, 6) is -0.711. The van der Waals surface area contributed by atoms with Gasteiger partial charge in [0.1, 0.15) is 5.69 Å². The second kappa shape index (κ2) is 8.36. The molecule has 28 heavy (non-hydrogen) atoms. The third kappa shape index (κ3) is 4.29. The fourth-order valence-corrected chi connectivity index (χ4v) is 3.77.